The molecule has 0 atom stereocenters. The minimum absolute atomic E-state index is 0.0954. The molecule has 5 rings (SSSR count). The third-order valence-corrected chi connectivity index (χ3v) is 9.22. The van der Waals surface area contributed by atoms with E-state index in [-0.39, 0.29) is 29.5 Å². The Morgan fingerprint density at radius 2 is 1.64 bits per heavy atom. The zero-order valence-electron chi connectivity index (χ0n) is 22.7. The number of amides is 1. The van der Waals surface area contributed by atoms with E-state index in [0.29, 0.717) is 36.0 Å². The highest BCUT2D eigenvalue weighted by atomic mass is 32.2. The monoisotopic (exact) mass is 606 g/mol. The summed E-state index contributed by atoms with van der Waals surface area (Å²) < 4.78 is 81.4. The maximum absolute atomic E-state index is 14.3. The lowest BCUT2D eigenvalue weighted by Crippen LogP contribution is -2.51. The van der Waals surface area contributed by atoms with Gasteiger partial charge in [0.05, 0.1) is 34.6 Å². The van der Waals surface area contributed by atoms with Crippen molar-refractivity contribution in [1.29, 1.82) is 0 Å². The SMILES string of the molecule is Cc1ccc(NC(=O)C2(c3ccc4c(c3)OCO4)CC2)cc1-c1ccc(S(=O)(=O)NC(C)(CO)CO)cc1C(F)(F)F. The Kier molecular flexibility index (Phi) is 7.50. The standard InChI is InChI=1S/C29H29F3N2O7S/c1-17-3-5-19(33-26(37)28(9-10-28)18-4-8-24-25(11-18)41-16-40-24)12-22(17)21-7-6-20(13-23(21)29(30,31)32)42(38,39)34-27(2,14-35)15-36/h3-8,11-13,34-36H,9-10,14-16H2,1-2H3,(H,33,37). The van der Waals surface area contributed by atoms with Gasteiger partial charge in [0.15, 0.2) is 11.5 Å². The van der Waals surface area contributed by atoms with Gasteiger partial charge < -0.3 is 25.0 Å². The Labute approximate surface area is 240 Å². The molecule has 1 fully saturated rings. The first-order valence-corrected chi connectivity index (χ1v) is 14.5. The second-order valence-corrected chi connectivity index (χ2v) is 12.5. The zero-order chi connectivity index (χ0) is 30.5. The van der Waals surface area contributed by atoms with E-state index in [1.165, 1.54) is 13.0 Å². The van der Waals surface area contributed by atoms with Gasteiger partial charge in [0, 0.05) is 5.69 Å². The quantitative estimate of drug-likeness (QED) is 0.288. The minimum atomic E-state index is -4.93. The van der Waals surface area contributed by atoms with Crippen LogP contribution in [0, 0.1) is 6.92 Å². The summed E-state index contributed by atoms with van der Waals surface area (Å²) in [5, 5.41) is 21.7. The Morgan fingerprint density at radius 1 is 0.952 bits per heavy atom. The van der Waals surface area contributed by atoms with Crippen molar-refractivity contribution >= 4 is 21.6 Å². The summed E-state index contributed by atoms with van der Waals surface area (Å²) in [7, 11) is -4.54. The molecule has 1 aliphatic carbocycles. The average molecular weight is 607 g/mol. The maximum atomic E-state index is 14.3. The number of nitrogens with one attached hydrogen (secondary N) is 2. The van der Waals surface area contributed by atoms with Crippen LogP contribution in [0.2, 0.25) is 0 Å². The number of sulfonamides is 1. The predicted octanol–water partition coefficient (Wildman–Crippen LogP) is 4.10. The van der Waals surface area contributed by atoms with Crippen molar-refractivity contribution in [2.75, 3.05) is 25.3 Å². The molecule has 1 amide bonds. The molecule has 1 saturated carbocycles. The fourth-order valence-electron chi connectivity index (χ4n) is 4.86. The van der Waals surface area contributed by atoms with E-state index in [9.17, 15) is 36.6 Å². The molecule has 0 saturated heterocycles. The summed E-state index contributed by atoms with van der Waals surface area (Å²) in [4.78, 5) is 12.7. The van der Waals surface area contributed by atoms with Gasteiger partial charge in [-0.15, -0.1) is 0 Å². The Balaban J connectivity index is 1.47. The number of ether oxygens (including phenoxy) is 2. The van der Waals surface area contributed by atoms with Crippen molar-refractivity contribution in [3.05, 3.63) is 71.3 Å². The summed E-state index contributed by atoms with van der Waals surface area (Å²) in [5.41, 5.74) is -2.31. The molecule has 0 unspecified atom stereocenters. The first kappa shape index (κ1) is 29.8. The van der Waals surface area contributed by atoms with Crippen LogP contribution in [0.15, 0.2) is 59.5 Å². The molecule has 1 heterocycles. The van der Waals surface area contributed by atoms with Gasteiger partial charge in [0.1, 0.15) is 0 Å². The van der Waals surface area contributed by atoms with Gasteiger partial charge in [-0.2, -0.15) is 13.2 Å². The van der Waals surface area contributed by atoms with E-state index >= 15 is 0 Å². The second kappa shape index (κ2) is 10.6. The van der Waals surface area contributed by atoms with Crippen molar-refractivity contribution in [1.82, 2.24) is 4.72 Å². The molecule has 3 aromatic carbocycles. The summed E-state index contributed by atoms with van der Waals surface area (Å²) in [6.07, 6.45) is -3.75. The summed E-state index contributed by atoms with van der Waals surface area (Å²) >= 11 is 0. The molecule has 224 valence electrons. The lowest BCUT2D eigenvalue weighted by atomic mass is 9.93. The maximum Gasteiger partial charge on any atom is 0.417 e. The molecule has 0 spiro atoms. The number of hydrogen-bond donors (Lipinski definition) is 4. The van der Waals surface area contributed by atoms with E-state index in [2.05, 4.69) is 10.0 Å². The number of aryl methyl sites for hydroxylation is 1. The number of hydrogen-bond acceptors (Lipinski definition) is 7. The van der Waals surface area contributed by atoms with Crippen LogP contribution in [0.5, 0.6) is 11.5 Å². The molecular formula is C29H29F3N2O7S. The highest BCUT2D eigenvalue weighted by Crippen LogP contribution is 2.51. The highest BCUT2D eigenvalue weighted by molar-refractivity contribution is 7.89. The molecule has 0 radical (unpaired) electrons. The lowest BCUT2D eigenvalue weighted by molar-refractivity contribution is -0.137. The van der Waals surface area contributed by atoms with Crippen LogP contribution in [0.25, 0.3) is 11.1 Å². The fourth-order valence-corrected chi connectivity index (χ4v) is 6.28. The zero-order valence-corrected chi connectivity index (χ0v) is 23.5. The number of carbonyl (C=O) groups excluding carboxylic acids is 1. The third kappa shape index (κ3) is 5.56. The van der Waals surface area contributed by atoms with Crippen LogP contribution < -0.4 is 19.5 Å². The van der Waals surface area contributed by atoms with Gasteiger partial charge in [0.25, 0.3) is 0 Å². The van der Waals surface area contributed by atoms with Crippen molar-refractivity contribution in [3.8, 4) is 22.6 Å². The van der Waals surface area contributed by atoms with Crippen molar-refractivity contribution in [2.45, 2.75) is 48.7 Å². The smallest absolute Gasteiger partial charge is 0.417 e. The number of rotatable bonds is 9. The summed E-state index contributed by atoms with van der Waals surface area (Å²) in [5.74, 6) is 0.821. The molecule has 4 N–H and O–H groups in total. The first-order valence-electron chi connectivity index (χ1n) is 13.0. The molecule has 42 heavy (non-hydrogen) atoms. The van der Waals surface area contributed by atoms with Crippen LogP contribution in [0.3, 0.4) is 0 Å². The Bertz CT molecular complexity index is 1650. The Hall–Kier alpha value is -3.65. The fraction of sp³-hybridized carbons (Fsp3) is 0.345. The molecule has 2 aliphatic rings. The van der Waals surface area contributed by atoms with Crippen molar-refractivity contribution in [2.24, 2.45) is 0 Å². The van der Waals surface area contributed by atoms with Crippen LogP contribution >= 0.6 is 0 Å². The molecule has 1 aliphatic heterocycles. The number of fused-ring (bicyclic) bond motifs is 1. The highest BCUT2D eigenvalue weighted by Gasteiger charge is 2.51. The lowest BCUT2D eigenvalue weighted by Gasteiger charge is -2.26. The van der Waals surface area contributed by atoms with Gasteiger partial charge >= 0.3 is 6.18 Å². The molecule has 0 aromatic heterocycles. The first-order chi connectivity index (χ1) is 19.7. The molecule has 3 aromatic rings. The van der Waals surface area contributed by atoms with Crippen LogP contribution in [0.4, 0.5) is 18.9 Å². The largest absolute Gasteiger partial charge is 0.454 e. The number of benzene rings is 3. The van der Waals surface area contributed by atoms with Gasteiger partial charge in [-0.05, 0) is 85.3 Å². The van der Waals surface area contributed by atoms with Crippen molar-refractivity contribution < 1.29 is 46.1 Å². The number of anilines is 1. The van der Waals surface area contributed by atoms with Crippen LogP contribution in [0.1, 0.15) is 36.5 Å². The van der Waals surface area contributed by atoms with E-state index in [1.807, 2.05) is 0 Å². The molecular weight excluding hydrogens is 577 g/mol. The summed E-state index contributed by atoms with van der Waals surface area (Å²) in [6.45, 7) is 1.36. The van der Waals surface area contributed by atoms with Gasteiger partial charge in [-0.3, -0.25) is 4.79 Å². The third-order valence-electron chi connectivity index (χ3n) is 7.58. The number of aliphatic hydroxyl groups is 2. The normalized spacial score (nSPS) is 15.9. The number of halogens is 3. The van der Waals surface area contributed by atoms with E-state index < -0.39 is 50.8 Å². The molecule has 13 heteroatoms. The number of aliphatic hydroxyl groups excluding tert-OH is 2. The van der Waals surface area contributed by atoms with Crippen molar-refractivity contribution in [3.63, 3.8) is 0 Å². The number of alkyl halides is 3. The van der Waals surface area contributed by atoms with Gasteiger partial charge in [-0.25, -0.2) is 13.1 Å². The van der Waals surface area contributed by atoms with Gasteiger partial charge in [-0.1, -0.05) is 18.2 Å². The predicted molar refractivity (Wildman–Crippen MR) is 147 cm³/mol. The Morgan fingerprint density at radius 3 is 2.29 bits per heavy atom. The minimum Gasteiger partial charge on any atom is -0.454 e. The topological polar surface area (TPSA) is 134 Å². The average Bonchev–Trinajstić information content (AvgIpc) is 3.63. The van der Waals surface area contributed by atoms with E-state index in [1.54, 1.807) is 37.3 Å². The second-order valence-electron chi connectivity index (χ2n) is 10.8. The van der Waals surface area contributed by atoms with E-state index in [0.717, 1.165) is 17.7 Å². The van der Waals surface area contributed by atoms with Gasteiger partial charge in [0.2, 0.25) is 22.7 Å². The van der Waals surface area contributed by atoms with E-state index in [4.69, 9.17) is 9.47 Å². The molecule has 0 bridgehead atoms. The van der Waals surface area contributed by atoms with Crippen LogP contribution in [-0.4, -0.2) is 50.1 Å². The number of carbonyl (C=O) groups is 1. The molecule has 9 nitrogen and oxygen atoms in total. The van der Waals surface area contributed by atoms with Crippen LogP contribution in [-0.2, 0) is 26.4 Å². The summed E-state index contributed by atoms with van der Waals surface area (Å²) in [6, 6.07) is 12.5.